The second-order valence-corrected chi connectivity index (χ2v) is 5.52. The van der Waals surface area contributed by atoms with Crippen molar-refractivity contribution in [2.45, 2.75) is 20.0 Å². The molecule has 0 saturated heterocycles. The Morgan fingerprint density at radius 2 is 1.44 bits per heavy atom. The van der Waals surface area contributed by atoms with Gasteiger partial charge in [0.25, 0.3) is 11.4 Å². The number of nitrogens with two attached hydrogens (primary N) is 1. The van der Waals surface area contributed by atoms with Gasteiger partial charge in [-0.15, -0.1) is 0 Å². The number of nitrogens with one attached hydrogen (secondary N) is 1. The summed E-state index contributed by atoms with van der Waals surface area (Å²) < 4.78 is 35.7. The van der Waals surface area contributed by atoms with Crippen LogP contribution in [0.5, 0.6) is 0 Å². The maximum Gasteiger partial charge on any atom is 0.405 e. The molecular weight excluding hydrogens is 369 g/mol. The molecule has 0 bridgehead atoms. The predicted octanol–water partition coefficient (Wildman–Crippen LogP) is 4.36. The quantitative estimate of drug-likeness (QED) is 0.457. The zero-order chi connectivity index (χ0) is 20.8. The molecule has 0 radical (unpaired) electrons. The Kier molecular flexibility index (Phi) is 7.09. The number of nitrogen functional groups attached to an aromatic ring is 1. The predicted molar refractivity (Wildman–Crippen MR) is 94.6 cm³/mol. The molecule has 146 valence electrons. The van der Waals surface area contributed by atoms with Crippen molar-refractivity contribution in [3.8, 4) is 0 Å². The number of hydrogen-bond acceptors (Lipinski definition) is 6. The van der Waals surface area contributed by atoms with Crippen LogP contribution < -0.4 is 11.1 Å². The maximum atomic E-state index is 11.9. The molecule has 27 heavy (non-hydrogen) atoms. The van der Waals surface area contributed by atoms with Gasteiger partial charge < -0.3 is 11.1 Å². The Morgan fingerprint density at radius 3 is 1.85 bits per heavy atom. The molecule has 0 amide bonds. The van der Waals surface area contributed by atoms with Crippen molar-refractivity contribution < 1.29 is 23.0 Å². The number of hydrogen-bond donors (Lipinski definition) is 2. The number of non-ortho nitro benzene ring substituents is 2. The van der Waals surface area contributed by atoms with Gasteiger partial charge in [0, 0.05) is 35.6 Å². The van der Waals surface area contributed by atoms with Crippen LogP contribution in [-0.4, -0.2) is 22.6 Å². The van der Waals surface area contributed by atoms with Crippen LogP contribution in [0.3, 0.4) is 0 Å². The Labute approximate surface area is 152 Å². The van der Waals surface area contributed by atoms with Gasteiger partial charge in [-0.1, -0.05) is 0 Å². The molecule has 0 aliphatic carbocycles. The van der Waals surface area contributed by atoms with Gasteiger partial charge in [0.2, 0.25) is 0 Å². The van der Waals surface area contributed by atoms with Gasteiger partial charge in [-0.3, -0.25) is 20.2 Å². The van der Waals surface area contributed by atoms with Gasteiger partial charge in [0.05, 0.1) is 9.85 Å². The molecule has 0 saturated carbocycles. The van der Waals surface area contributed by atoms with Crippen molar-refractivity contribution in [2.75, 3.05) is 17.6 Å². The van der Waals surface area contributed by atoms with Gasteiger partial charge in [-0.05, 0) is 37.1 Å². The number of anilines is 2. The van der Waals surface area contributed by atoms with Gasteiger partial charge >= 0.3 is 6.18 Å². The van der Waals surface area contributed by atoms with Crippen LogP contribution in [0, 0.1) is 34.1 Å². The maximum absolute atomic E-state index is 11.9. The summed E-state index contributed by atoms with van der Waals surface area (Å²) in [6, 6.07) is 8.02. The summed E-state index contributed by atoms with van der Waals surface area (Å²) in [5.41, 5.74) is 7.36. The van der Waals surface area contributed by atoms with E-state index in [2.05, 4.69) is 5.32 Å². The van der Waals surface area contributed by atoms with Gasteiger partial charge in [-0.25, -0.2) is 0 Å². The summed E-state index contributed by atoms with van der Waals surface area (Å²) in [5.74, 6) is 0. The van der Waals surface area contributed by atoms with Crippen molar-refractivity contribution in [1.29, 1.82) is 0 Å². The first-order valence-electron chi connectivity index (χ1n) is 7.47. The summed E-state index contributed by atoms with van der Waals surface area (Å²) in [6.45, 7) is 2.08. The minimum Gasteiger partial charge on any atom is -0.399 e. The van der Waals surface area contributed by atoms with E-state index >= 15 is 0 Å². The molecule has 0 unspecified atom stereocenters. The Hall–Kier alpha value is -3.37. The second-order valence-electron chi connectivity index (χ2n) is 5.52. The van der Waals surface area contributed by atoms with E-state index in [0.29, 0.717) is 11.3 Å². The summed E-state index contributed by atoms with van der Waals surface area (Å²) in [7, 11) is 0. The average molecular weight is 386 g/mol. The topological polar surface area (TPSA) is 124 Å². The van der Waals surface area contributed by atoms with E-state index in [1.807, 2.05) is 0 Å². The van der Waals surface area contributed by atoms with E-state index in [4.69, 9.17) is 5.73 Å². The summed E-state index contributed by atoms with van der Waals surface area (Å²) in [6.07, 6.45) is -4.31. The Morgan fingerprint density at radius 1 is 0.963 bits per heavy atom. The fourth-order valence-electron chi connectivity index (χ4n) is 1.93. The normalized spacial score (nSPS) is 10.6. The minimum absolute atomic E-state index is 0.0803. The number of alkyl halides is 3. The van der Waals surface area contributed by atoms with E-state index in [9.17, 15) is 33.4 Å². The highest BCUT2D eigenvalue weighted by molar-refractivity contribution is 5.55. The molecular formula is C16H17F3N4O4. The lowest BCUT2D eigenvalue weighted by Crippen LogP contribution is -2.21. The third-order valence-electron chi connectivity index (χ3n) is 3.36. The largest absolute Gasteiger partial charge is 0.405 e. The number of nitro benzene ring substituents is 2. The lowest BCUT2D eigenvalue weighted by molar-refractivity contribution is -0.385. The van der Waals surface area contributed by atoms with Crippen molar-refractivity contribution in [1.82, 2.24) is 0 Å². The smallest absolute Gasteiger partial charge is 0.399 e. The molecule has 0 fully saturated rings. The van der Waals surface area contributed by atoms with Crippen LogP contribution in [-0.2, 0) is 0 Å². The second kappa shape index (κ2) is 8.83. The Bertz CT molecular complexity index is 841. The number of rotatable bonds is 4. The third-order valence-corrected chi connectivity index (χ3v) is 3.36. The van der Waals surface area contributed by atoms with Gasteiger partial charge in [0.15, 0.2) is 0 Å². The highest BCUT2D eigenvalue weighted by atomic mass is 19.4. The highest BCUT2D eigenvalue weighted by Crippen LogP contribution is 2.23. The standard InChI is InChI=1S/C9H9F3N2O2.C7H8N2O2/c1-6-4-7(14(15)16)2-3-8(6)13-5-9(10,11)12;1-5-4-6(9(10)11)2-3-7(5)8/h2-4,13H,5H2,1H3;2-4H,8H2,1H3. The van der Waals surface area contributed by atoms with E-state index in [1.54, 1.807) is 6.92 Å². The van der Waals surface area contributed by atoms with Crippen LogP contribution in [0.25, 0.3) is 0 Å². The first kappa shape index (κ1) is 21.7. The van der Waals surface area contributed by atoms with E-state index in [0.717, 1.165) is 11.6 Å². The molecule has 0 heterocycles. The van der Waals surface area contributed by atoms with Crippen LogP contribution in [0.4, 0.5) is 35.9 Å². The van der Waals surface area contributed by atoms with E-state index in [1.165, 1.54) is 37.3 Å². The van der Waals surface area contributed by atoms with E-state index < -0.39 is 22.6 Å². The monoisotopic (exact) mass is 386 g/mol. The van der Waals surface area contributed by atoms with Gasteiger partial charge in [-0.2, -0.15) is 13.2 Å². The molecule has 2 aromatic rings. The molecule has 2 aromatic carbocycles. The fourth-order valence-corrected chi connectivity index (χ4v) is 1.93. The van der Waals surface area contributed by atoms with Crippen molar-refractivity contribution >= 4 is 22.7 Å². The molecule has 8 nitrogen and oxygen atoms in total. The first-order valence-corrected chi connectivity index (χ1v) is 7.47. The minimum atomic E-state index is -4.31. The Balaban J connectivity index is 0.000000289. The van der Waals surface area contributed by atoms with Crippen LogP contribution in [0.1, 0.15) is 11.1 Å². The number of aryl methyl sites for hydroxylation is 2. The first-order chi connectivity index (χ1) is 12.4. The number of nitro groups is 2. The lowest BCUT2D eigenvalue weighted by atomic mass is 10.2. The van der Waals surface area contributed by atoms with Crippen molar-refractivity contribution in [3.63, 3.8) is 0 Å². The highest BCUT2D eigenvalue weighted by Gasteiger charge is 2.26. The summed E-state index contributed by atoms with van der Waals surface area (Å²) in [5, 5.41) is 22.8. The average Bonchev–Trinajstić information content (AvgIpc) is 2.55. The van der Waals surface area contributed by atoms with Crippen LogP contribution in [0.2, 0.25) is 0 Å². The molecule has 11 heteroatoms. The summed E-state index contributed by atoms with van der Waals surface area (Å²) in [4.78, 5) is 19.6. The number of benzene rings is 2. The van der Waals surface area contributed by atoms with Crippen LogP contribution >= 0.6 is 0 Å². The number of nitrogens with zero attached hydrogens (tertiary/aromatic N) is 2. The third kappa shape index (κ3) is 7.18. The van der Waals surface area contributed by atoms with E-state index in [-0.39, 0.29) is 17.1 Å². The molecule has 0 aromatic heterocycles. The molecule has 0 atom stereocenters. The SMILES string of the molecule is Cc1cc([N+](=O)[O-])ccc1N.Cc1cc([N+](=O)[O-])ccc1NCC(F)(F)F. The molecule has 3 N–H and O–H groups in total. The summed E-state index contributed by atoms with van der Waals surface area (Å²) >= 11 is 0. The van der Waals surface area contributed by atoms with Crippen molar-refractivity contribution in [3.05, 3.63) is 67.8 Å². The fraction of sp³-hybridized carbons (Fsp3) is 0.250. The van der Waals surface area contributed by atoms with Gasteiger partial charge in [0.1, 0.15) is 6.54 Å². The zero-order valence-corrected chi connectivity index (χ0v) is 14.4. The van der Waals surface area contributed by atoms with Crippen LogP contribution in [0.15, 0.2) is 36.4 Å². The molecule has 0 spiro atoms. The lowest BCUT2D eigenvalue weighted by Gasteiger charge is -2.11. The number of halogens is 3. The molecule has 0 aliphatic rings. The van der Waals surface area contributed by atoms with Crippen molar-refractivity contribution in [2.24, 2.45) is 0 Å². The molecule has 0 aliphatic heterocycles. The molecule has 2 rings (SSSR count). The zero-order valence-electron chi connectivity index (χ0n) is 14.4.